The standard InChI is InChI=1S/C21H21FN2O/c22-16-7-4-6-15(14-16)21(11-2-1-3-12-21)20(25)24-19-9-5-8-18-17(19)10-13-23-18/h4-10,13-14,23H,1-3,11-12H2,(H,24,25). The van der Waals surface area contributed by atoms with E-state index in [4.69, 9.17) is 0 Å². The molecule has 128 valence electrons. The summed E-state index contributed by atoms with van der Waals surface area (Å²) >= 11 is 0. The molecule has 1 aromatic heterocycles. The van der Waals surface area contributed by atoms with Crippen molar-refractivity contribution in [2.75, 3.05) is 5.32 Å². The fraction of sp³-hybridized carbons (Fsp3) is 0.286. The molecule has 4 rings (SSSR count). The third-order valence-electron chi connectivity index (χ3n) is 5.36. The van der Waals surface area contributed by atoms with Crippen LogP contribution in [0.15, 0.2) is 54.7 Å². The van der Waals surface area contributed by atoms with E-state index >= 15 is 0 Å². The highest BCUT2D eigenvalue weighted by molar-refractivity contribution is 6.05. The molecule has 1 heterocycles. The van der Waals surface area contributed by atoms with E-state index in [9.17, 15) is 9.18 Å². The van der Waals surface area contributed by atoms with Crippen LogP contribution in [0.1, 0.15) is 37.7 Å². The molecule has 2 N–H and O–H groups in total. The van der Waals surface area contributed by atoms with Gasteiger partial charge in [0.1, 0.15) is 5.82 Å². The number of H-pyrrole nitrogens is 1. The molecule has 0 atom stereocenters. The lowest BCUT2D eigenvalue weighted by Gasteiger charge is -2.36. The maximum atomic E-state index is 13.8. The lowest BCUT2D eigenvalue weighted by atomic mass is 9.68. The molecule has 0 unspecified atom stereocenters. The Kier molecular flexibility index (Phi) is 4.04. The average Bonchev–Trinajstić information content (AvgIpc) is 3.12. The van der Waals surface area contributed by atoms with Crippen LogP contribution in [0.5, 0.6) is 0 Å². The Bertz CT molecular complexity index is 909. The Hall–Kier alpha value is -2.62. The highest BCUT2D eigenvalue weighted by atomic mass is 19.1. The maximum Gasteiger partial charge on any atom is 0.235 e. The van der Waals surface area contributed by atoms with E-state index in [2.05, 4.69) is 10.3 Å². The van der Waals surface area contributed by atoms with Crippen LogP contribution in [0, 0.1) is 5.82 Å². The summed E-state index contributed by atoms with van der Waals surface area (Å²) < 4.78 is 13.8. The second-order valence-corrected chi connectivity index (χ2v) is 6.85. The van der Waals surface area contributed by atoms with Gasteiger partial charge < -0.3 is 10.3 Å². The number of aromatic amines is 1. The molecule has 0 bridgehead atoms. The number of aromatic nitrogens is 1. The highest BCUT2D eigenvalue weighted by Crippen LogP contribution is 2.41. The minimum Gasteiger partial charge on any atom is -0.361 e. The molecule has 3 nitrogen and oxygen atoms in total. The Morgan fingerprint density at radius 1 is 1.04 bits per heavy atom. The van der Waals surface area contributed by atoms with E-state index in [1.54, 1.807) is 6.07 Å². The summed E-state index contributed by atoms with van der Waals surface area (Å²) in [5.74, 6) is -0.325. The molecule has 25 heavy (non-hydrogen) atoms. The van der Waals surface area contributed by atoms with Gasteiger partial charge in [0.05, 0.1) is 11.1 Å². The molecule has 0 radical (unpaired) electrons. The van der Waals surface area contributed by atoms with Crippen LogP contribution >= 0.6 is 0 Å². The lowest BCUT2D eigenvalue weighted by molar-refractivity contribution is -0.122. The number of fused-ring (bicyclic) bond motifs is 1. The molecule has 1 aliphatic rings. The molecule has 1 fully saturated rings. The van der Waals surface area contributed by atoms with Gasteiger partial charge in [-0.2, -0.15) is 0 Å². The molecular formula is C21H21FN2O. The summed E-state index contributed by atoms with van der Waals surface area (Å²) in [6, 6.07) is 14.3. The molecule has 4 heteroatoms. The summed E-state index contributed by atoms with van der Waals surface area (Å²) in [4.78, 5) is 16.5. The largest absolute Gasteiger partial charge is 0.361 e. The summed E-state index contributed by atoms with van der Waals surface area (Å²) in [7, 11) is 0. The SMILES string of the molecule is O=C(Nc1cccc2[nH]ccc12)C1(c2cccc(F)c2)CCCCC1. The van der Waals surface area contributed by atoms with Gasteiger partial charge >= 0.3 is 0 Å². The van der Waals surface area contributed by atoms with Gasteiger partial charge in [-0.25, -0.2) is 4.39 Å². The van der Waals surface area contributed by atoms with Crippen LogP contribution < -0.4 is 5.32 Å². The van der Waals surface area contributed by atoms with Gasteiger partial charge in [0, 0.05) is 17.1 Å². The Labute approximate surface area is 146 Å². The van der Waals surface area contributed by atoms with Gasteiger partial charge in [0.25, 0.3) is 0 Å². The van der Waals surface area contributed by atoms with E-state index in [-0.39, 0.29) is 11.7 Å². The zero-order chi connectivity index (χ0) is 17.3. The van der Waals surface area contributed by atoms with E-state index in [0.717, 1.165) is 54.3 Å². The molecule has 0 saturated heterocycles. The van der Waals surface area contributed by atoms with E-state index in [0.29, 0.717) is 0 Å². The summed E-state index contributed by atoms with van der Waals surface area (Å²) in [5, 5.41) is 4.11. The average molecular weight is 336 g/mol. The number of hydrogen-bond acceptors (Lipinski definition) is 1. The van der Waals surface area contributed by atoms with Gasteiger partial charge in [-0.15, -0.1) is 0 Å². The van der Waals surface area contributed by atoms with Crippen LogP contribution in [0.2, 0.25) is 0 Å². The number of nitrogens with one attached hydrogen (secondary N) is 2. The number of amides is 1. The maximum absolute atomic E-state index is 13.8. The Balaban J connectivity index is 1.72. The van der Waals surface area contributed by atoms with Crippen molar-refractivity contribution in [2.45, 2.75) is 37.5 Å². The topological polar surface area (TPSA) is 44.9 Å². The zero-order valence-electron chi connectivity index (χ0n) is 14.0. The minimum absolute atomic E-state index is 0.0356. The van der Waals surface area contributed by atoms with Crippen LogP contribution in [-0.4, -0.2) is 10.9 Å². The fourth-order valence-corrected chi connectivity index (χ4v) is 4.02. The summed E-state index contributed by atoms with van der Waals surface area (Å²) in [6.07, 6.45) is 6.47. The zero-order valence-corrected chi connectivity index (χ0v) is 14.0. The first-order valence-corrected chi connectivity index (χ1v) is 8.83. The van der Waals surface area contributed by atoms with Gasteiger partial charge in [-0.05, 0) is 48.7 Å². The van der Waals surface area contributed by atoms with E-state index < -0.39 is 5.41 Å². The molecule has 3 aromatic rings. The van der Waals surface area contributed by atoms with E-state index in [1.807, 2.05) is 36.5 Å². The van der Waals surface area contributed by atoms with Crippen LogP contribution in [-0.2, 0) is 10.2 Å². The van der Waals surface area contributed by atoms with Gasteiger partial charge in [-0.3, -0.25) is 4.79 Å². The highest BCUT2D eigenvalue weighted by Gasteiger charge is 2.41. The monoisotopic (exact) mass is 336 g/mol. The molecule has 0 aliphatic heterocycles. The number of benzene rings is 2. The van der Waals surface area contributed by atoms with Crippen molar-refractivity contribution >= 4 is 22.5 Å². The molecule has 1 saturated carbocycles. The number of halogens is 1. The quantitative estimate of drug-likeness (QED) is 0.683. The number of carbonyl (C=O) groups is 1. The number of rotatable bonds is 3. The first kappa shape index (κ1) is 15.9. The number of anilines is 1. The van der Waals surface area contributed by atoms with Gasteiger partial charge in [0.15, 0.2) is 0 Å². The van der Waals surface area contributed by atoms with Gasteiger partial charge in [0.2, 0.25) is 5.91 Å². The predicted molar refractivity (Wildman–Crippen MR) is 98.1 cm³/mol. The molecule has 1 amide bonds. The second-order valence-electron chi connectivity index (χ2n) is 6.85. The summed E-state index contributed by atoms with van der Waals surface area (Å²) in [6.45, 7) is 0. The summed E-state index contributed by atoms with van der Waals surface area (Å²) in [5.41, 5.74) is 1.91. The number of hydrogen-bond donors (Lipinski definition) is 2. The molecule has 1 aliphatic carbocycles. The van der Waals surface area contributed by atoms with Crippen LogP contribution in [0.3, 0.4) is 0 Å². The smallest absolute Gasteiger partial charge is 0.235 e. The van der Waals surface area contributed by atoms with Crippen molar-refractivity contribution in [1.29, 1.82) is 0 Å². The molecule has 0 spiro atoms. The fourth-order valence-electron chi connectivity index (χ4n) is 4.02. The van der Waals surface area contributed by atoms with Gasteiger partial charge in [-0.1, -0.05) is 37.5 Å². The Morgan fingerprint density at radius 2 is 1.84 bits per heavy atom. The van der Waals surface area contributed by atoms with Crippen LogP contribution in [0.25, 0.3) is 10.9 Å². The normalized spacial score (nSPS) is 16.7. The molecular weight excluding hydrogens is 315 g/mol. The van der Waals surface area contributed by atoms with Crippen molar-refractivity contribution in [3.05, 3.63) is 66.1 Å². The Morgan fingerprint density at radius 3 is 2.64 bits per heavy atom. The molecule has 2 aromatic carbocycles. The first-order valence-electron chi connectivity index (χ1n) is 8.83. The van der Waals surface area contributed by atoms with E-state index in [1.165, 1.54) is 12.1 Å². The lowest BCUT2D eigenvalue weighted by Crippen LogP contribution is -2.42. The van der Waals surface area contributed by atoms with Crippen molar-refractivity contribution < 1.29 is 9.18 Å². The third-order valence-corrected chi connectivity index (χ3v) is 5.36. The van der Waals surface area contributed by atoms with Crippen molar-refractivity contribution in [3.63, 3.8) is 0 Å². The van der Waals surface area contributed by atoms with Crippen molar-refractivity contribution in [3.8, 4) is 0 Å². The van der Waals surface area contributed by atoms with Crippen molar-refractivity contribution in [1.82, 2.24) is 4.98 Å². The first-order chi connectivity index (χ1) is 12.2. The predicted octanol–water partition coefficient (Wildman–Crippen LogP) is 5.15. The van der Waals surface area contributed by atoms with Crippen molar-refractivity contribution in [2.24, 2.45) is 0 Å². The minimum atomic E-state index is -0.654. The number of carbonyl (C=O) groups excluding carboxylic acids is 1. The van der Waals surface area contributed by atoms with Crippen LogP contribution in [0.4, 0.5) is 10.1 Å². The second kappa shape index (κ2) is 6.36. The third kappa shape index (κ3) is 2.82.